The zero-order valence-corrected chi connectivity index (χ0v) is 13.2. The number of hydrogen-bond donors (Lipinski definition) is 2. The summed E-state index contributed by atoms with van der Waals surface area (Å²) >= 11 is 0. The van der Waals surface area contributed by atoms with Crippen LogP contribution in [-0.2, 0) is 11.3 Å². The summed E-state index contributed by atoms with van der Waals surface area (Å²) in [4.78, 5) is 0. The van der Waals surface area contributed by atoms with Gasteiger partial charge < -0.3 is 19.7 Å². The van der Waals surface area contributed by atoms with Crippen LogP contribution in [0.3, 0.4) is 0 Å². The summed E-state index contributed by atoms with van der Waals surface area (Å²) in [6.07, 6.45) is 5.99. The van der Waals surface area contributed by atoms with Gasteiger partial charge in [0.25, 0.3) is 0 Å². The van der Waals surface area contributed by atoms with Gasteiger partial charge in [-0.15, -0.1) is 0 Å². The first-order chi connectivity index (χ1) is 10.2. The Morgan fingerprint density at radius 1 is 1.48 bits per heavy atom. The highest BCUT2D eigenvalue weighted by molar-refractivity contribution is 5.02. The van der Waals surface area contributed by atoms with E-state index in [1.54, 1.807) is 0 Å². The van der Waals surface area contributed by atoms with E-state index in [1.807, 2.05) is 13.0 Å². The smallest absolute Gasteiger partial charge is 0.150 e. The molecule has 21 heavy (non-hydrogen) atoms. The summed E-state index contributed by atoms with van der Waals surface area (Å²) in [6.45, 7) is 5.61. The Morgan fingerprint density at radius 3 is 3.00 bits per heavy atom. The number of hydrogen-bond acceptors (Lipinski definition) is 5. The molecule has 1 fully saturated rings. The largest absolute Gasteiger partial charge is 0.389 e. The Kier molecular flexibility index (Phi) is 6.67. The lowest BCUT2D eigenvalue weighted by Crippen LogP contribution is -2.34. The molecule has 120 valence electrons. The third-order valence-corrected chi connectivity index (χ3v) is 4.22. The molecule has 1 saturated carbocycles. The third kappa shape index (κ3) is 5.41. The first-order valence-corrected chi connectivity index (χ1v) is 8.11. The van der Waals surface area contributed by atoms with Crippen LogP contribution >= 0.6 is 0 Å². The first-order valence-electron chi connectivity index (χ1n) is 8.11. The summed E-state index contributed by atoms with van der Waals surface area (Å²) in [6, 6.07) is 1.89. The van der Waals surface area contributed by atoms with Crippen molar-refractivity contribution in [3.05, 3.63) is 17.5 Å². The molecule has 2 N–H and O–H groups in total. The predicted molar refractivity (Wildman–Crippen MR) is 80.9 cm³/mol. The van der Waals surface area contributed by atoms with Gasteiger partial charge in [0.2, 0.25) is 0 Å². The van der Waals surface area contributed by atoms with Crippen LogP contribution in [0.15, 0.2) is 10.6 Å². The third-order valence-electron chi connectivity index (χ3n) is 4.22. The minimum absolute atomic E-state index is 0.329. The summed E-state index contributed by atoms with van der Waals surface area (Å²) in [5.41, 5.74) is 0.874. The number of aryl methyl sites for hydroxylation is 1. The molecule has 1 aliphatic carbocycles. The number of aromatic nitrogens is 1. The molecule has 0 saturated heterocycles. The second kappa shape index (κ2) is 8.51. The van der Waals surface area contributed by atoms with Crippen LogP contribution in [0.5, 0.6) is 0 Å². The number of aliphatic hydroxyl groups is 1. The quantitative estimate of drug-likeness (QED) is 0.771. The van der Waals surface area contributed by atoms with Gasteiger partial charge in [-0.2, -0.15) is 0 Å². The zero-order chi connectivity index (χ0) is 15.1. The van der Waals surface area contributed by atoms with E-state index in [-0.39, 0.29) is 0 Å². The molecular formula is C16H28N2O3. The van der Waals surface area contributed by atoms with Gasteiger partial charge >= 0.3 is 0 Å². The maximum atomic E-state index is 9.99. The Balaban J connectivity index is 1.61. The van der Waals surface area contributed by atoms with Crippen molar-refractivity contribution in [1.29, 1.82) is 0 Å². The van der Waals surface area contributed by atoms with Crippen LogP contribution in [0.4, 0.5) is 0 Å². The standard InChI is InChI=1S/C16H28N2O3/c1-3-13-6-4-5-7-16(13)20-11-14(19)9-17-10-15-8-12(2)18-21-15/h8,13-14,16-17,19H,3-7,9-11H2,1-2H3. The van der Waals surface area contributed by atoms with E-state index in [1.165, 1.54) is 25.7 Å². The molecule has 5 nitrogen and oxygen atoms in total. The van der Waals surface area contributed by atoms with Crippen LogP contribution in [0.25, 0.3) is 0 Å². The fraction of sp³-hybridized carbons (Fsp3) is 0.812. The second-order valence-corrected chi connectivity index (χ2v) is 6.04. The van der Waals surface area contributed by atoms with Gasteiger partial charge in [-0.3, -0.25) is 0 Å². The van der Waals surface area contributed by atoms with Gasteiger partial charge in [0.05, 0.1) is 31.1 Å². The Bertz CT molecular complexity index is 408. The van der Waals surface area contributed by atoms with E-state index in [4.69, 9.17) is 9.26 Å². The SMILES string of the molecule is CCC1CCCCC1OCC(O)CNCc1cc(C)no1. The van der Waals surface area contributed by atoms with Gasteiger partial charge in [-0.25, -0.2) is 0 Å². The molecule has 0 spiro atoms. The molecule has 0 aromatic carbocycles. The van der Waals surface area contributed by atoms with E-state index < -0.39 is 6.10 Å². The van der Waals surface area contributed by atoms with E-state index in [0.717, 1.165) is 17.9 Å². The highest BCUT2D eigenvalue weighted by atomic mass is 16.5. The number of nitrogens with one attached hydrogen (secondary N) is 1. The van der Waals surface area contributed by atoms with Crippen LogP contribution in [-0.4, -0.2) is 35.6 Å². The van der Waals surface area contributed by atoms with Gasteiger partial charge in [-0.05, 0) is 25.7 Å². The van der Waals surface area contributed by atoms with E-state index in [0.29, 0.717) is 31.7 Å². The van der Waals surface area contributed by atoms with Crippen molar-refractivity contribution in [2.45, 2.75) is 64.7 Å². The lowest BCUT2D eigenvalue weighted by Gasteiger charge is -2.31. The van der Waals surface area contributed by atoms with Crippen molar-refractivity contribution < 1.29 is 14.4 Å². The highest BCUT2D eigenvalue weighted by Gasteiger charge is 2.24. The van der Waals surface area contributed by atoms with Gasteiger partial charge in [0, 0.05) is 12.6 Å². The van der Waals surface area contributed by atoms with Crippen LogP contribution in [0.1, 0.15) is 50.5 Å². The van der Waals surface area contributed by atoms with Crippen LogP contribution in [0.2, 0.25) is 0 Å². The van der Waals surface area contributed by atoms with Crippen LogP contribution < -0.4 is 5.32 Å². The first kappa shape index (κ1) is 16.5. The van der Waals surface area contributed by atoms with Crippen molar-refractivity contribution in [3.8, 4) is 0 Å². The Labute approximate surface area is 127 Å². The van der Waals surface area contributed by atoms with Gasteiger partial charge in [0.15, 0.2) is 5.76 Å². The van der Waals surface area contributed by atoms with Crippen molar-refractivity contribution in [3.63, 3.8) is 0 Å². The molecule has 3 atom stereocenters. The monoisotopic (exact) mass is 296 g/mol. The fourth-order valence-corrected chi connectivity index (χ4v) is 3.02. The normalized spacial score (nSPS) is 24.1. The molecule has 1 aromatic rings. The molecule has 0 amide bonds. The summed E-state index contributed by atoms with van der Waals surface area (Å²) in [5.74, 6) is 1.45. The maximum absolute atomic E-state index is 9.99. The average molecular weight is 296 g/mol. The molecular weight excluding hydrogens is 268 g/mol. The molecule has 0 radical (unpaired) electrons. The molecule has 1 heterocycles. The van der Waals surface area contributed by atoms with Crippen molar-refractivity contribution in [2.24, 2.45) is 5.92 Å². The number of aliphatic hydroxyl groups excluding tert-OH is 1. The number of nitrogens with zero attached hydrogens (tertiary/aromatic N) is 1. The fourth-order valence-electron chi connectivity index (χ4n) is 3.02. The summed E-state index contributed by atoms with van der Waals surface area (Å²) in [7, 11) is 0. The number of ether oxygens (including phenoxy) is 1. The minimum atomic E-state index is -0.478. The molecule has 2 rings (SSSR count). The van der Waals surface area contributed by atoms with Crippen molar-refractivity contribution in [1.82, 2.24) is 10.5 Å². The highest BCUT2D eigenvalue weighted by Crippen LogP contribution is 2.29. The van der Waals surface area contributed by atoms with Crippen molar-refractivity contribution >= 4 is 0 Å². The molecule has 3 unspecified atom stereocenters. The molecule has 0 bridgehead atoms. The Hall–Kier alpha value is -0.910. The number of rotatable bonds is 8. The van der Waals surface area contributed by atoms with E-state index in [2.05, 4.69) is 17.4 Å². The molecule has 1 aliphatic rings. The zero-order valence-electron chi connectivity index (χ0n) is 13.2. The molecule has 0 aliphatic heterocycles. The lowest BCUT2D eigenvalue weighted by atomic mass is 9.85. The molecule has 1 aromatic heterocycles. The topological polar surface area (TPSA) is 67.5 Å². The van der Waals surface area contributed by atoms with Crippen LogP contribution in [0, 0.1) is 12.8 Å². The summed E-state index contributed by atoms with van der Waals surface area (Å²) in [5, 5.41) is 17.0. The second-order valence-electron chi connectivity index (χ2n) is 6.04. The maximum Gasteiger partial charge on any atom is 0.150 e. The minimum Gasteiger partial charge on any atom is -0.389 e. The molecule has 5 heteroatoms. The van der Waals surface area contributed by atoms with E-state index in [9.17, 15) is 5.11 Å². The predicted octanol–water partition coefficient (Wildman–Crippen LogP) is 2.42. The Morgan fingerprint density at radius 2 is 2.29 bits per heavy atom. The van der Waals surface area contributed by atoms with Gasteiger partial charge in [-0.1, -0.05) is 31.3 Å². The van der Waals surface area contributed by atoms with Crippen molar-refractivity contribution in [2.75, 3.05) is 13.2 Å². The average Bonchev–Trinajstić information content (AvgIpc) is 2.91. The lowest BCUT2D eigenvalue weighted by molar-refractivity contribution is -0.0500. The summed E-state index contributed by atoms with van der Waals surface area (Å²) < 4.78 is 11.0. The van der Waals surface area contributed by atoms with Gasteiger partial charge in [0.1, 0.15) is 0 Å². The van der Waals surface area contributed by atoms with E-state index >= 15 is 0 Å².